The predicted octanol–water partition coefficient (Wildman–Crippen LogP) is 6.71. The zero-order chi connectivity index (χ0) is 39.3. The van der Waals surface area contributed by atoms with Gasteiger partial charge in [-0.15, -0.1) is 0 Å². The first-order chi connectivity index (χ1) is 24.7. The first-order valence-corrected chi connectivity index (χ1v) is 19.2. The monoisotopic (exact) mass is 792 g/mol. The van der Waals surface area contributed by atoms with Crippen LogP contribution in [0.1, 0.15) is 71.2 Å². The van der Waals surface area contributed by atoms with Gasteiger partial charge in [0.1, 0.15) is 46.4 Å². The first kappa shape index (κ1) is 41.6. The molecule has 1 fully saturated rings. The summed E-state index contributed by atoms with van der Waals surface area (Å²) in [4.78, 5) is 46.2. The van der Waals surface area contributed by atoms with Crippen molar-refractivity contribution in [1.29, 1.82) is 0 Å². The maximum atomic E-state index is 14.1. The molecule has 0 bridgehead atoms. The number of hydrogen-bond donors (Lipinski definition) is 2. The Morgan fingerprint density at radius 1 is 1.06 bits per heavy atom. The standard InChI is InChI=1S/C36H46Cl2N6O8S/c1-22-19-23(2)41-31-24(22)11-9-13-28(31)50-20-25-26(37)14-15-29(30(25)38)53(48,49)44-17-10-12-27(44)32(45)39-16-18-43(42-34(47)52-36(6,7)8)21-40-33(46)51-35(3,4)5/h9,11,13-15,19,21,27H,10,12,16-18,20H2,1-8H3,(H,39,45)(H,42,47)/t27-/m0/s1. The van der Waals surface area contributed by atoms with Crippen molar-refractivity contribution in [1.82, 2.24) is 25.0 Å². The van der Waals surface area contributed by atoms with Crippen molar-refractivity contribution in [2.75, 3.05) is 19.6 Å². The molecule has 0 saturated carbocycles. The van der Waals surface area contributed by atoms with Crippen LogP contribution < -0.4 is 15.5 Å². The lowest BCUT2D eigenvalue weighted by molar-refractivity contribution is -0.124. The molecule has 2 N–H and O–H groups in total. The Balaban J connectivity index is 1.47. The summed E-state index contributed by atoms with van der Waals surface area (Å²) in [5, 5.41) is 4.88. The molecule has 14 nitrogen and oxygen atoms in total. The maximum Gasteiger partial charge on any atom is 0.435 e. The summed E-state index contributed by atoms with van der Waals surface area (Å²) >= 11 is 13.3. The fourth-order valence-electron chi connectivity index (χ4n) is 5.53. The summed E-state index contributed by atoms with van der Waals surface area (Å²) in [6.45, 7) is 13.8. The summed E-state index contributed by atoms with van der Waals surface area (Å²) in [6, 6.07) is 9.24. The number of ether oxygens (including phenoxy) is 3. The van der Waals surface area contributed by atoms with Crippen LogP contribution in [0.2, 0.25) is 10.0 Å². The number of nitrogens with zero attached hydrogens (tertiary/aromatic N) is 4. The molecule has 0 aliphatic carbocycles. The van der Waals surface area contributed by atoms with Crippen LogP contribution in [0.25, 0.3) is 10.9 Å². The molecule has 1 atom stereocenters. The normalized spacial score (nSPS) is 15.4. The van der Waals surface area contributed by atoms with Gasteiger partial charge in [-0.3, -0.25) is 9.80 Å². The van der Waals surface area contributed by atoms with Gasteiger partial charge in [0, 0.05) is 34.8 Å². The number of fused-ring (bicyclic) bond motifs is 1. The topological polar surface area (TPSA) is 169 Å². The molecule has 2 heterocycles. The average molecular weight is 794 g/mol. The van der Waals surface area contributed by atoms with E-state index in [0.717, 1.165) is 32.3 Å². The molecule has 288 valence electrons. The number of halogens is 2. The average Bonchev–Trinajstić information content (AvgIpc) is 3.53. The smallest absolute Gasteiger partial charge is 0.435 e. The van der Waals surface area contributed by atoms with E-state index in [9.17, 15) is 22.8 Å². The number of amides is 3. The van der Waals surface area contributed by atoms with E-state index in [4.69, 9.17) is 37.4 Å². The highest BCUT2D eigenvalue weighted by Crippen LogP contribution is 2.36. The van der Waals surface area contributed by atoms with E-state index < -0.39 is 45.4 Å². The molecule has 17 heteroatoms. The highest BCUT2D eigenvalue weighted by molar-refractivity contribution is 7.89. The highest BCUT2D eigenvalue weighted by atomic mass is 35.5. The van der Waals surface area contributed by atoms with Crippen molar-refractivity contribution < 1.29 is 37.0 Å². The van der Waals surface area contributed by atoms with E-state index >= 15 is 0 Å². The Morgan fingerprint density at radius 2 is 1.75 bits per heavy atom. The lowest BCUT2D eigenvalue weighted by Gasteiger charge is -2.26. The fraction of sp³-hybridized carbons (Fsp3) is 0.472. The Labute approximate surface area is 320 Å². The summed E-state index contributed by atoms with van der Waals surface area (Å²) in [5.41, 5.74) is 3.64. The lowest BCUT2D eigenvalue weighted by Crippen LogP contribution is -2.50. The fourth-order valence-corrected chi connectivity index (χ4v) is 8.05. The SMILES string of the molecule is Cc1cc(C)c2cccc(OCc3c(Cl)ccc(S(=O)(=O)N4CCC[C@H]4C(=O)NCCN(C=NC(=O)OC(C)(C)C)NC(=O)OC(C)(C)C)c3Cl)c2n1. The number of para-hydroxylation sites is 1. The molecule has 0 unspecified atom stereocenters. The van der Waals surface area contributed by atoms with Crippen LogP contribution >= 0.6 is 23.2 Å². The molecule has 3 amide bonds. The molecule has 0 spiro atoms. The van der Waals surface area contributed by atoms with Gasteiger partial charge in [0.05, 0.1) is 11.6 Å². The van der Waals surface area contributed by atoms with Crippen molar-refractivity contribution in [3.8, 4) is 5.75 Å². The highest BCUT2D eigenvalue weighted by Gasteiger charge is 2.40. The van der Waals surface area contributed by atoms with Gasteiger partial charge in [0.2, 0.25) is 15.9 Å². The van der Waals surface area contributed by atoms with Gasteiger partial charge in [-0.05, 0) is 98.1 Å². The molecule has 53 heavy (non-hydrogen) atoms. The largest absolute Gasteiger partial charge is 0.487 e. The predicted molar refractivity (Wildman–Crippen MR) is 203 cm³/mol. The molecule has 4 rings (SSSR count). The van der Waals surface area contributed by atoms with E-state index in [-0.39, 0.29) is 53.2 Å². The van der Waals surface area contributed by atoms with Gasteiger partial charge in [-0.25, -0.2) is 28.4 Å². The third kappa shape index (κ3) is 11.2. The number of carbonyl (C=O) groups excluding carboxylic acids is 3. The number of pyridine rings is 1. The second kappa shape index (κ2) is 16.9. The molecule has 1 aliphatic rings. The number of nitrogens with one attached hydrogen (secondary N) is 2. The zero-order valence-electron chi connectivity index (χ0n) is 31.1. The minimum Gasteiger partial charge on any atom is -0.487 e. The zero-order valence-corrected chi connectivity index (χ0v) is 33.4. The molecule has 3 aromatic rings. The third-order valence-corrected chi connectivity index (χ3v) is 10.6. The third-order valence-electron chi connectivity index (χ3n) is 7.73. The van der Waals surface area contributed by atoms with Gasteiger partial charge in [-0.2, -0.15) is 9.30 Å². The van der Waals surface area contributed by atoms with Crippen molar-refractivity contribution in [2.24, 2.45) is 4.99 Å². The van der Waals surface area contributed by atoms with Crippen LogP contribution in [0.5, 0.6) is 5.75 Å². The molecule has 1 saturated heterocycles. The van der Waals surface area contributed by atoms with E-state index in [0.29, 0.717) is 17.7 Å². The first-order valence-electron chi connectivity index (χ1n) is 17.0. The molecular weight excluding hydrogens is 747 g/mol. The van der Waals surface area contributed by atoms with Gasteiger partial charge in [0.25, 0.3) is 0 Å². The number of aryl methyl sites for hydroxylation is 2. The van der Waals surface area contributed by atoms with Crippen LogP contribution in [0.4, 0.5) is 9.59 Å². The Hall–Kier alpha value is -4.18. The molecule has 1 aromatic heterocycles. The second-order valence-electron chi connectivity index (χ2n) is 14.5. The number of aromatic nitrogens is 1. The minimum atomic E-state index is -4.28. The van der Waals surface area contributed by atoms with Crippen LogP contribution in [-0.2, 0) is 30.9 Å². The van der Waals surface area contributed by atoms with E-state index in [1.54, 1.807) is 47.6 Å². The van der Waals surface area contributed by atoms with Crippen LogP contribution in [0.15, 0.2) is 46.3 Å². The second-order valence-corrected chi connectivity index (χ2v) is 17.1. The van der Waals surface area contributed by atoms with Crippen molar-refractivity contribution in [3.63, 3.8) is 0 Å². The maximum absolute atomic E-state index is 14.1. The molecule has 2 aromatic carbocycles. The summed E-state index contributed by atoms with van der Waals surface area (Å²) in [5.74, 6) is -0.0722. The van der Waals surface area contributed by atoms with Crippen molar-refractivity contribution in [3.05, 3.63) is 63.3 Å². The number of rotatable bonds is 11. The number of hydrazine groups is 1. The molecular formula is C36H46Cl2N6O8S. The van der Waals surface area contributed by atoms with Crippen molar-refractivity contribution in [2.45, 2.75) is 97.0 Å². The van der Waals surface area contributed by atoms with Crippen LogP contribution in [-0.4, -0.2) is 84.0 Å². The molecule has 1 aliphatic heterocycles. The van der Waals surface area contributed by atoms with Gasteiger partial charge < -0.3 is 19.5 Å². The number of aliphatic imine (C=N–C) groups is 1. The minimum absolute atomic E-state index is 0.0610. The van der Waals surface area contributed by atoms with Gasteiger partial charge >= 0.3 is 12.2 Å². The summed E-state index contributed by atoms with van der Waals surface area (Å²) < 4.78 is 45.8. The number of sulfonamides is 1. The van der Waals surface area contributed by atoms with Gasteiger partial charge in [0.15, 0.2) is 0 Å². The van der Waals surface area contributed by atoms with Crippen LogP contribution in [0, 0.1) is 13.8 Å². The number of hydrogen-bond acceptors (Lipinski definition) is 9. The summed E-state index contributed by atoms with van der Waals surface area (Å²) in [7, 11) is -4.28. The summed E-state index contributed by atoms with van der Waals surface area (Å²) in [6.07, 6.45) is 0.0187. The van der Waals surface area contributed by atoms with Crippen molar-refractivity contribution >= 4 is 68.6 Å². The van der Waals surface area contributed by atoms with E-state index in [1.807, 2.05) is 32.0 Å². The van der Waals surface area contributed by atoms with Gasteiger partial charge in [-0.1, -0.05) is 35.3 Å². The lowest BCUT2D eigenvalue weighted by atomic mass is 10.1. The number of benzene rings is 2. The Bertz CT molecular complexity index is 2000. The van der Waals surface area contributed by atoms with Crippen LogP contribution in [0.3, 0.4) is 0 Å². The number of carbonyl (C=O) groups is 3. The quantitative estimate of drug-likeness (QED) is 0.121. The van der Waals surface area contributed by atoms with E-state index in [2.05, 4.69) is 20.7 Å². The Kier molecular flexibility index (Phi) is 13.2. The molecule has 0 radical (unpaired) electrons. The van der Waals surface area contributed by atoms with E-state index in [1.165, 1.54) is 12.1 Å². The Morgan fingerprint density at radius 3 is 2.43 bits per heavy atom.